The van der Waals surface area contributed by atoms with Gasteiger partial charge in [-0.1, -0.05) is 35.9 Å². The molecule has 0 fully saturated rings. The second-order valence-electron chi connectivity index (χ2n) is 7.92. The minimum absolute atomic E-state index is 0.129. The second-order valence-corrected chi connectivity index (χ2v) is 9.46. The van der Waals surface area contributed by atoms with Gasteiger partial charge in [-0.05, 0) is 53.8 Å². The fraction of sp³-hybridized carbons (Fsp3) is 0.120. The van der Waals surface area contributed by atoms with Gasteiger partial charge in [-0.3, -0.25) is 0 Å². The summed E-state index contributed by atoms with van der Waals surface area (Å²) in [5, 5.41) is 3.74. The fourth-order valence-corrected chi connectivity index (χ4v) is 5.10. The maximum Gasteiger partial charge on any atom is 0.339 e. The molecule has 3 heterocycles. The normalized spacial score (nSPS) is 15.5. The first kappa shape index (κ1) is 19.0. The van der Waals surface area contributed by atoms with Crippen LogP contribution in [0.5, 0.6) is 17.2 Å². The summed E-state index contributed by atoms with van der Waals surface area (Å²) in [7, 11) is -3.95. The van der Waals surface area contributed by atoms with E-state index in [1.54, 1.807) is 36.4 Å². The SMILES string of the molecule is Cc1ccc(S(=O)(=O)Oc2cccc3c2=CN2CC=c4cc5c(cc4=C2C=3)OCO5)cc1. The van der Waals surface area contributed by atoms with E-state index < -0.39 is 10.1 Å². The molecule has 3 aromatic carbocycles. The molecule has 0 spiro atoms. The van der Waals surface area contributed by atoms with Gasteiger partial charge in [0.15, 0.2) is 17.2 Å². The fourth-order valence-electron chi connectivity index (χ4n) is 4.15. The standard InChI is InChI=1S/C25H19NO5S/c1-16-5-7-19(8-6-16)32(27,28)31-23-4-2-3-17-11-22-20-13-25-24(29-15-30-25)12-18(20)9-10-26(22)14-21(17)23/h2-9,11-14H,10,15H2,1H3. The summed E-state index contributed by atoms with van der Waals surface area (Å²) in [5.74, 6) is 1.79. The van der Waals surface area contributed by atoms with Crippen molar-refractivity contribution in [1.29, 1.82) is 0 Å². The van der Waals surface area contributed by atoms with Crippen LogP contribution < -0.4 is 34.5 Å². The lowest BCUT2D eigenvalue weighted by molar-refractivity contribution is 0.174. The molecule has 3 aliphatic heterocycles. The Kier molecular flexibility index (Phi) is 4.10. The molecule has 0 bridgehead atoms. The topological polar surface area (TPSA) is 65.1 Å². The van der Waals surface area contributed by atoms with Crippen molar-refractivity contribution >= 4 is 34.2 Å². The Hall–Kier alpha value is -3.71. The largest absolute Gasteiger partial charge is 0.454 e. The number of fused-ring (bicyclic) bond motifs is 4. The third kappa shape index (κ3) is 3.05. The first-order valence-electron chi connectivity index (χ1n) is 10.2. The Balaban J connectivity index is 1.48. The van der Waals surface area contributed by atoms with E-state index >= 15 is 0 Å². The van der Waals surface area contributed by atoms with E-state index in [0.717, 1.165) is 43.6 Å². The molecule has 0 radical (unpaired) electrons. The third-order valence-corrected chi connectivity index (χ3v) is 7.07. The highest BCUT2D eigenvalue weighted by molar-refractivity contribution is 7.87. The molecule has 160 valence electrons. The van der Waals surface area contributed by atoms with Gasteiger partial charge in [-0.2, -0.15) is 8.42 Å². The van der Waals surface area contributed by atoms with E-state index in [9.17, 15) is 8.42 Å². The summed E-state index contributed by atoms with van der Waals surface area (Å²) in [6, 6.07) is 16.0. The summed E-state index contributed by atoms with van der Waals surface area (Å²) in [4.78, 5) is 2.21. The number of hydrogen-bond acceptors (Lipinski definition) is 6. The van der Waals surface area contributed by atoms with Gasteiger partial charge in [0, 0.05) is 28.9 Å². The van der Waals surface area contributed by atoms with Gasteiger partial charge in [0.1, 0.15) is 4.90 Å². The Morgan fingerprint density at radius 1 is 0.969 bits per heavy atom. The van der Waals surface area contributed by atoms with Crippen LogP contribution >= 0.6 is 0 Å². The van der Waals surface area contributed by atoms with E-state index in [1.807, 2.05) is 31.3 Å². The molecule has 0 saturated carbocycles. The van der Waals surface area contributed by atoms with Gasteiger partial charge < -0.3 is 18.6 Å². The molecular weight excluding hydrogens is 426 g/mol. The van der Waals surface area contributed by atoms with Gasteiger partial charge in [-0.25, -0.2) is 0 Å². The number of aryl methyl sites for hydroxylation is 1. The lowest BCUT2D eigenvalue weighted by Gasteiger charge is -2.26. The number of rotatable bonds is 3. The first-order valence-corrected chi connectivity index (χ1v) is 11.6. The number of hydrogen-bond donors (Lipinski definition) is 0. The van der Waals surface area contributed by atoms with Crippen LogP contribution in [0.2, 0.25) is 0 Å². The molecule has 6 rings (SSSR count). The number of nitrogens with zero attached hydrogens (tertiary/aromatic N) is 1. The third-order valence-electron chi connectivity index (χ3n) is 5.82. The van der Waals surface area contributed by atoms with Crippen LogP contribution in [0.1, 0.15) is 5.56 Å². The summed E-state index contributed by atoms with van der Waals surface area (Å²) in [6.07, 6.45) is 6.10. The van der Waals surface area contributed by atoms with E-state index in [4.69, 9.17) is 13.7 Å². The predicted octanol–water partition coefficient (Wildman–Crippen LogP) is 0.928. The summed E-state index contributed by atoms with van der Waals surface area (Å²) in [6.45, 7) is 2.79. The zero-order chi connectivity index (χ0) is 21.9. The quantitative estimate of drug-likeness (QED) is 0.559. The lowest BCUT2D eigenvalue weighted by Crippen LogP contribution is -2.43. The smallest absolute Gasteiger partial charge is 0.339 e. The summed E-state index contributed by atoms with van der Waals surface area (Å²) in [5.41, 5.74) is 2.00. The summed E-state index contributed by atoms with van der Waals surface area (Å²) < 4.78 is 42.4. The van der Waals surface area contributed by atoms with Crippen LogP contribution in [0.3, 0.4) is 0 Å². The summed E-state index contributed by atoms with van der Waals surface area (Å²) >= 11 is 0. The van der Waals surface area contributed by atoms with Crippen molar-refractivity contribution in [2.75, 3.05) is 13.3 Å². The van der Waals surface area contributed by atoms with Crippen molar-refractivity contribution in [2.45, 2.75) is 11.8 Å². The molecule has 6 nitrogen and oxygen atoms in total. The molecule has 0 atom stereocenters. The highest BCUT2D eigenvalue weighted by atomic mass is 32.2. The molecule has 0 aliphatic carbocycles. The van der Waals surface area contributed by atoms with Crippen LogP contribution in [-0.2, 0) is 10.1 Å². The molecule has 0 amide bonds. The molecular formula is C25H19NO5S. The minimum atomic E-state index is -3.95. The van der Waals surface area contributed by atoms with Gasteiger partial charge in [-0.15, -0.1) is 0 Å². The number of benzene rings is 3. The minimum Gasteiger partial charge on any atom is -0.454 e. The van der Waals surface area contributed by atoms with Crippen molar-refractivity contribution in [2.24, 2.45) is 0 Å². The van der Waals surface area contributed by atoms with Crippen LogP contribution in [0.4, 0.5) is 0 Å². The zero-order valence-electron chi connectivity index (χ0n) is 17.2. The Morgan fingerprint density at radius 2 is 1.75 bits per heavy atom. The van der Waals surface area contributed by atoms with Crippen molar-refractivity contribution in [1.82, 2.24) is 4.90 Å². The highest BCUT2D eigenvalue weighted by Crippen LogP contribution is 2.29. The molecule has 0 aromatic heterocycles. The van der Waals surface area contributed by atoms with Gasteiger partial charge in [0.2, 0.25) is 6.79 Å². The van der Waals surface area contributed by atoms with Crippen LogP contribution in [0.15, 0.2) is 59.5 Å². The average molecular weight is 445 g/mol. The van der Waals surface area contributed by atoms with Gasteiger partial charge in [0.05, 0.1) is 0 Å². The van der Waals surface area contributed by atoms with E-state index in [2.05, 4.69) is 17.1 Å². The maximum atomic E-state index is 12.9. The molecule has 3 aromatic rings. The molecule has 3 aliphatic rings. The van der Waals surface area contributed by atoms with Crippen molar-refractivity contribution in [3.05, 3.63) is 81.0 Å². The molecule has 7 heteroatoms. The van der Waals surface area contributed by atoms with E-state index in [-0.39, 0.29) is 11.7 Å². The monoisotopic (exact) mass is 445 g/mol. The van der Waals surface area contributed by atoms with Crippen molar-refractivity contribution in [3.63, 3.8) is 0 Å². The lowest BCUT2D eigenvalue weighted by atomic mass is 10.0. The Labute approximate surface area is 184 Å². The molecule has 0 N–H and O–H groups in total. The zero-order valence-corrected chi connectivity index (χ0v) is 18.1. The highest BCUT2D eigenvalue weighted by Gasteiger charge is 2.21. The molecule has 0 saturated heterocycles. The maximum absolute atomic E-state index is 12.9. The van der Waals surface area contributed by atoms with Crippen LogP contribution in [-0.4, -0.2) is 26.7 Å². The number of ether oxygens (including phenoxy) is 2. The van der Waals surface area contributed by atoms with Crippen molar-refractivity contribution < 1.29 is 22.1 Å². The van der Waals surface area contributed by atoms with E-state index in [0.29, 0.717) is 12.3 Å². The molecule has 0 unspecified atom stereocenters. The Bertz CT molecular complexity index is 1620. The van der Waals surface area contributed by atoms with Gasteiger partial charge in [0.25, 0.3) is 0 Å². The first-order chi connectivity index (χ1) is 15.5. The average Bonchev–Trinajstić information content (AvgIpc) is 3.24. The van der Waals surface area contributed by atoms with E-state index in [1.165, 1.54) is 0 Å². The van der Waals surface area contributed by atoms with Crippen LogP contribution in [0.25, 0.3) is 24.0 Å². The van der Waals surface area contributed by atoms with Crippen molar-refractivity contribution in [3.8, 4) is 17.2 Å². The van der Waals surface area contributed by atoms with Crippen LogP contribution in [0, 0.1) is 6.92 Å². The van der Waals surface area contributed by atoms with Gasteiger partial charge >= 0.3 is 10.1 Å². The Morgan fingerprint density at radius 3 is 2.56 bits per heavy atom. The predicted molar refractivity (Wildman–Crippen MR) is 120 cm³/mol. The molecule has 32 heavy (non-hydrogen) atoms. The second kappa shape index (κ2) is 6.90.